The first-order chi connectivity index (χ1) is 21.1. The van der Waals surface area contributed by atoms with Crippen LogP contribution in [0.4, 0.5) is 0 Å². The number of hydrogen-bond acceptors (Lipinski definition) is 9. The number of esters is 1. The summed E-state index contributed by atoms with van der Waals surface area (Å²) in [5, 5.41) is 4.07. The van der Waals surface area contributed by atoms with E-state index in [-0.39, 0.29) is 56.5 Å². The Labute approximate surface area is 257 Å². The van der Waals surface area contributed by atoms with Gasteiger partial charge in [0.2, 0.25) is 17.2 Å². The van der Waals surface area contributed by atoms with Crippen LogP contribution in [-0.2, 0) is 27.3 Å². The molecule has 4 heterocycles. The van der Waals surface area contributed by atoms with E-state index >= 15 is 0 Å². The molecule has 1 aromatic heterocycles. The number of nitrogens with zero attached hydrogens (tertiary/aromatic N) is 1. The number of allylic oxidation sites excluding steroid dienone is 2. The molecule has 2 aromatic carbocycles. The van der Waals surface area contributed by atoms with Crippen molar-refractivity contribution < 1.29 is 33.3 Å². The molecule has 44 heavy (non-hydrogen) atoms. The summed E-state index contributed by atoms with van der Waals surface area (Å²) in [4.78, 5) is 57.0. The van der Waals surface area contributed by atoms with Crippen molar-refractivity contribution in [1.29, 1.82) is 0 Å². The molecule has 0 bridgehead atoms. The molecule has 0 saturated heterocycles. The zero-order valence-corrected chi connectivity index (χ0v) is 25.5. The molecule has 0 fully saturated rings. The topological polar surface area (TPSA) is 122 Å². The summed E-state index contributed by atoms with van der Waals surface area (Å²) in [6.07, 6.45) is 0.910. The number of dihydropyridines is 1. The van der Waals surface area contributed by atoms with Crippen LogP contribution in [0.5, 0.6) is 17.2 Å². The number of Topliss-reactive ketones (excluding diaryl/α,β-unsaturated/α-hetero) is 2. The van der Waals surface area contributed by atoms with Crippen LogP contribution in [-0.4, -0.2) is 49.0 Å². The minimum Gasteiger partial charge on any atom is -0.496 e. The Morgan fingerprint density at radius 1 is 1.09 bits per heavy atom. The highest BCUT2D eigenvalue weighted by Crippen LogP contribution is 2.56. The van der Waals surface area contributed by atoms with E-state index in [1.165, 1.54) is 27.4 Å². The lowest BCUT2D eigenvalue weighted by Crippen LogP contribution is -2.58. The van der Waals surface area contributed by atoms with Gasteiger partial charge in [0, 0.05) is 41.1 Å². The Morgan fingerprint density at radius 3 is 2.55 bits per heavy atom. The van der Waals surface area contributed by atoms with Crippen LogP contribution < -0.4 is 25.1 Å². The van der Waals surface area contributed by atoms with Crippen LogP contribution in [0.25, 0.3) is 10.9 Å². The largest absolute Gasteiger partial charge is 0.496 e. The molecule has 3 atom stereocenters. The van der Waals surface area contributed by atoms with E-state index in [9.17, 15) is 19.2 Å². The molecular formula is C33H29ClN2O8. The highest BCUT2D eigenvalue weighted by molar-refractivity contribution is 6.36. The number of fused-ring (bicyclic) bond motifs is 1. The molecular weight excluding hydrogens is 588 g/mol. The van der Waals surface area contributed by atoms with Gasteiger partial charge in [-0.2, -0.15) is 0 Å². The molecule has 1 N–H and O–H groups in total. The highest BCUT2D eigenvalue weighted by atomic mass is 35.5. The van der Waals surface area contributed by atoms with E-state index in [1.54, 1.807) is 24.5 Å². The molecule has 3 aromatic rings. The van der Waals surface area contributed by atoms with Gasteiger partial charge in [0.1, 0.15) is 22.1 Å². The Bertz CT molecular complexity index is 1990. The third-order valence-electron chi connectivity index (χ3n) is 9.39. The molecule has 0 radical (unpaired) electrons. The summed E-state index contributed by atoms with van der Waals surface area (Å²) in [5.41, 5.74) is 1.03. The monoisotopic (exact) mass is 616 g/mol. The lowest BCUT2D eigenvalue weighted by atomic mass is 9.65. The van der Waals surface area contributed by atoms with Crippen molar-refractivity contribution in [2.45, 2.75) is 44.8 Å². The van der Waals surface area contributed by atoms with Gasteiger partial charge in [-0.25, -0.2) is 4.79 Å². The van der Waals surface area contributed by atoms with Crippen molar-refractivity contribution in [2.75, 3.05) is 21.3 Å². The fourth-order valence-corrected chi connectivity index (χ4v) is 7.63. The number of aromatic nitrogens is 1. The number of methoxy groups -OCH3 is 3. The Balaban J connectivity index is 1.47. The van der Waals surface area contributed by atoms with Crippen molar-refractivity contribution in [1.82, 2.24) is 9.88 Å². The molecule has 11 heteroatoms. The average molecular weight is 617 g/mol. The minimum atomic E-state index is -2.02. The summed E-state index contributed by atoms with van der Waals surface area (Å²) in [6.45, 7) is 3.94. The van der Waals surface area contributed by atoms with Crippen LogP contribution in [0.15, 0.2) is 57.7 Å². The number of aryl methyl sites for hydroxylation is 2. The van der Waals surface area contributed by atoms with E-state index in [4.69, 9.17) is 30.5 Å². The smallest absolute Gasteiger partial charge is 0.336 e. The fourth-order valence-electron chi connectivity index (χ4n) is 7.36. The van der Waals surface area contributed by atoms with Crippen LogP contribution in [0.3, 0.4) is 0 Å². The fraction of sp³-hybridized carbons (Fsp3) is 0.333. The zero-order valence-electron chi connectivity index (χ0n) is 24.8. The first-order valence-electron chi connectivity index (χ1n) is 14.3. The Kier molecular flexibility index (Phi) is 6.23. The van der Waals surface area contributed by atoms with Crippen LogP contribution >= 0.6 is 11.6 Å². The summed E-state index contributed by atoms with van der Waals surface area (Å²) in [6, 6.07) is 9.04. The predicted octanol–water partition coefficient (Wildman–Crippen LogP) is 4.24. The van der Waals surface area contributed by atoms with Crippen molar-refractivity contribution in [2.24, 2.45) is 5.92 Å². The van der Waals surface area contributed by atoms with Gasteiger partial charge >= 0.3 is 5.97 Å². The highest BCUT2D eigenvalue weighted by Gasteiger charge is 2.64. The standard InChI is InChI=1S/C33H29ClN2O8/c1-14-11-19-24(29(37)33(14)30(38)25-20(41-3)13-21(42-4)26(34)28(25)44-33)23(22(15(2)35-19)32(40)43-5)18-12-17-8-6-7-16-9-10-36(27(16)17)31(18)39/h6-8,12-14,23,35H,9-11H2,1-5H3/t14-,23-,33+/m1/s1. The number of ether oxygens (including phenoxy) is 4. The SMILES string of the molecule is COC(=O)C1=C(C)NC2=C(C(=O)[C@@]3(Oc4c(Cl)c(OC)cc(OC)c4C3=O)[C@H](C)C2)[C@@H]1c1cc2cccc3c2n(c1=O)CC3. The Morgan fingerprint density at radius 2 is 1.84 bits per heavy atom. The molecule has 1 aliphatic carbocycles. The second kappa shape index (κ2) is 9.72. The maximum absolute atomic E-state index is 15.0. The molecule has 3 aliphatic heterocycles. The van der Waals surface area contributed by atoms with Gasteiger partial charge < -0.3 is 28.8 Å². The number of rotatable bonds is 4. The second-order valence-corrected chi connectivity index (χ2v) is 11.9. The van der Waals surface area contributed by atoms with Gasteiger partial charge in [0.05, 0.1) is 38.3 Å². The molecule has 1 spiro atoms. The number of carbonyl (C=O) groups is 3. The summed E-state index contributed by atoms with van der Waals surface area (Å²) >= 11 is 6.62. The van der Waals surface area contributed by atoms with Crippen LogP contribution in [0.2, 0.25) is 5.02 Å². The van der Waals surface area contributed by atoms with Crippen molar-refractivity contribution in [3.05, 3.63) is 84.9 Å². The normalized spacial score (nSPS) is 23.5. The molecule has 10 nitrogen and oxygen atoms in total. The van der Waals surface area contributed by atoms with E-state index in [2.05, 4.69) is 5.32 Å². The number of carbonyl (C=O) groups excluding carboxylic acids is 3. The van der Waals surface area contributed by atoms with E-state index in [0.717, 1.165) is 16.5 Å². The van der Waals surface area contributed by atoms with E-state index in [0.29, 0.717) is 24.4 Å². The van der Waals surface area contributed by atoms with Crippen LogP contribution in [0, 0.1) is 5.92 Å². The minimum absolute atomic E-state index is 0.0103. The van der Waals surface area contributed by atoms with Gasteiger partial charge in [-0.3, -0.25) is 14.4 Å². The number of benzene rings is 2. The van der Waals surface area contributed by atoms with Gasteiger partial charge in [-0.05, 0) is 36.8 Å². The summed E-state index contributed by atoms with van der Waals surface area (Å²) in [5.74, 6) is -3.38. The number of ketones is 2. The number of pyridine rings is 1. The lowest BCUT2D eigenvalue weighted by molar-refractivity contribution is -0.136. The van der Waals surface area contributed by atoms with Gasteiger partial charge in [0.25, 0.3) is 5.56 Å². The molecule has 0 unspecified atom stereocenters. The zero-order chi connectivity index (χ0) is 31.2. The van der Waals surface area contributed by atoms with E-state index in [1.807, 2.05) is 18.2 Å². The summed E-state index contributed by atoms with van der Waals surface area (Å²) < 4.78 is 24.1. The third-order valence-corrected chi connectivity index (χ3v) is 9.75. The molecule has 7 rings (SSSR count). The number of hydrogen-bond donors (Lipinski definition) is 1. The van der Waals surface area contributed by atoms with Gasteiger partial charge in [-0.15, -0.1) is 0 Å². The quantitative estimate of drug-likeness (QED) is 0.339. The molecule has 4 aliphatic rings. The van der Waals surface area contributed by atoms with Crippen molar-refractivity contribution in [3.8, 4) is 17.2 Å². The number of halogens is 1. The second-order valence-electron chi connectivity index (χ2n) is 11.5. The first-order valence-corrected chi connectivity index (χ1v) is 14.6. The maximum atomic E-state index is 15.0. The van der Waals surface area contributed by atoms with Crippen molar-refractivity contribution >= 4 is 40.0 Å². The lowest BCUT2D eigenvalue weighted by Gasteiger charge is -2.42. The van der Waals surface area contributed by atoms with E-state index < -0.39 is 35.0 Å². The number of para-hydroxylation sites is 1. The summed E-state index contributed by atoms with van der Waals surface area (Å²) in [7, 11) is 4.06. The Hall–Kier alpha value is -4.57. The molecule has 226 valence electrons. The first kappa shape index (κ1) is 28.2. The molecule has 0 saturated carbocycles. The maximum Gasteiger partial charge on any atom is 0.336 e. The number of nitrogens with one attached hydrogen (secondary N) is 1. The molecule has 0 amide bonds. The average Bonchev–Trinajstić information content (AvgIpc) is 3.59. The third kappa shape index (κ3) is 3.48. The van der Waals surface area contributed by atoms with Gasteiger partial charge in [0.15, 0.2) is 5.75 Å². The van der Waals surface area contributed by atoms with Gasteiger partial charge in [-0.1, -0.05) is 36.7 Å². The van der Waals surface area contributed by atoms with Crippen LogP contribution in [0.1, 0.15) is 47.7 Å². The van der Waals surface area contributed by atoms with Crippen molar-refractivity contribution in [3.63, 3.8) is 0 Å². The predicted molar refractivity (Wildman–Crippen MR) is 161 cm³/mol.